The molecule has 0 radical (unpaired) electrons. The van der Waals surface area contributed by atoms with Gasteiger partial charge in [0.05, 0.1) is 12.1 Å². The minimum Gasteiger partial charge on any atom is -0.451 e. The number of anilines is 2. The first-order valence-electron chi connectivity index (χ1n) is 9.66. The van der Waals surface area contributed by atoms with Gasteiger partial charge >= 0.3 is 5.69 Å². The first-order chi connectivity index (χ1) is 15.4. The Bertz CT molecular complexity index is 1410. The third-order valence-electron chi connectivity index (χ3n) is 4.99. The van der Waals surface area contributed by atoms with E-state index in [9.17, 15) is 18.8 Å². The molecule has 0 bridgehead atoms. The molecule has 4 rings (SSSR count). The topological polar surface area (TPSA) is 114 Å². The van der Waals surface area contributed by atoms with Crippen molar-refractivity contribution in [2.24, 2.45) is 0 Å². The highest BCUT2D eigenvalue weighted by molar-refractivity contribution is 6.05. The van der Waals surface area contributed by atoms with E-state index in [-0.39, 0.29) is 35.1 Å². The minimum atomic E-state index is -0.812. The fourth-order valence-corrected chi connectivity index (χ4v) is 3.35. The van der Waals surface area contributed by atoms with Crippen molar-refractivity contribution in [1.29, 1.82) is 0 Å². The van der Waals surface area contributed by atoms with E-state index in [0.717, 1.165) is 10.5 Å². The predicted molar refractivity (Wildman–Crippen MR) is 118 cm³/mol. The third kappa shape index (κ3) is 3.83. The number of halogens is 1. The van der Waals surface area contributed by atoms with Gasteiger partial charge in [-0.25, -0.2) is 9.18 Å². The number of nitrogens with one attached hydrogen (secondary N) is 1. The summed E-state index contributed by atoms with van der Waals surface area (Å²) in [5.74, 6) is -1.31. The normalized spacial score (nSPS) is 10.8. The molecule has 2 aromatic heterocycles. The van der Waals surface area contributed by atoms with Crippen LogP contribution in [0.3, 0.4) is 0 Å². The summed E-state index contributed by atoms with van der Waals surface area (Å²) in [6.07, 6.45) is 0. The van der Waals surface area contributed by atoms with E-state index in [4.69, 9.17) is 10.2 Å². The molecule has 8 nitrogen and oxygen atoms in total. The third-order valence-corrected chi connectivity index (χ3v) is 4.99. The van der Waals surface area contributed by atoms with Crippen LogP contribution < -0.4 is 21.9 Å². The van der Waals surface area contributed by atoms with Crippen LogP contribution in [-0.2, 0) is 6.54 Å². The van der Waals surface area contributed by atoms with Crippen molar-refractivity contribution < 1.29 is 13.6 Å². The summed E-state index contributed by atoms with van der Waals surface area (Å²) in [7, 11) is 1.34. The van der Waals surface area contributed by atoms with Crippen LogP contribution in [0.25, 0.3) is 11.3 Å². The highest BCUT2D eigenvalue weighted by Gasteiger charge is 2.24. The standard InChI is InChI=1S/C23H19FN4O4/c1-27(22(30)18-12-11-17(32-18)15-9-5-6-10-16(15)24)19-20(25)28(23(31)26-21(19)29)13-14-7-3-2-4-8-14/h2-12H,13,25H2,1H3,(H,26,29,31). The molecule has 0 aliphatic rings. The second-order valence-corrected chi connectivity index (χ2v) is 7.07. The number of hydrogen-bond acceptors (Lipinski definition) is 5. The van der Waals surface area contributed by atoms with Crippen LogP contribution in [0.4, 0.5) is 15.9 Å². The van der Waals surface area contributed by atoms with E-state index in [2.05, 4.69) is 4.98 Å². The Morgan fingerprint density at radius 2 is 1.75 bits per heavy atom. The van der Waals surface area contributed by atoms with E-state index in [1.54, 1.807) is 24.3 Å². The van der Waals surface area contributed by atoms with Crippen molar-refractivity contribution in [3.05, 3.63) is 105 Å². The summed E-state index contributed by atoms with van der Waals surface area (Å²) in [6, 6.07) is 17.9. The average molecular weight is 434 g/mol. The van der Waals surface area contributed by atoms with Gasteiger partial charge in [-0.1, -0.05) is 42.5 Å². The zero-order valence-corrected chi connectivity index (χ0v) is 17.0. The van der Waals surface area contributed by atoms with Crippen LogP contribution in [0.2, 0.25) is 0 Å². The molecule has 0 unspecified atom stereocenters. The number of hydrogen-bond donors (Lipinski definition) is 2. The van der Waals surface area contributed by atoms with Crippen molar-refractivity contribution in [3.8, 4) is 11.3 Å². The van der Waals surface area contributed by atoms with Gasteiger partial charge < -0.3 is 15.1 Å². The molecule has 0 fully saturated rings. The summed E-state index contributed by atoms with van der Waals surface area (Å²) in [5.41, 5.74) is 5.41. The maximum atomic E-state index is 14.0. The summed E-state index contributed by atoms with van der Waals surface area (Å²) >= 11 is 0. The molecule has 0 aliphatic carbocycles. The summed E-state index contributed by atoms with van der Waals surface area (Å²) < 4.78 is 20.7. The quantitative estimate of drug-likeness (QED) is 0.501. The molecular formula is C23H19FN4O4. The Balaban J connectivity index is 1.69. The number of nitrogens with two attached hydrogens (primary N) is 1. The minimum absolute atomic E-state index is 0.107. The highest BCUT2D eigenvalue weighted by Crippen LogP contribution is 2.26. The van der Waals surface area contributed by atoms with Gasteiger partial charge in [0.15, 0.2) is 11.4 Å². The molecule has 162 valence electrons. The van der Waals surface area contributed by atoms with Crippen LogP contribution in [0.15, 0.2) is 80.7 Å². The number of rotatable bonds is 5. The fourth-order valence-electron chi connectivity index (χ4n) is 3.35. The van der Waals surface area contributed by atoms with Gasteiger partial charge in [0, 0.05) is 7.05 Å². The zero-order valence-electron chi connectivity index (χ0n) is 17.0. The lowest BCUT2D eigenvalue weighted by Crippen LogP contribution is -2.39. The van der Waals surface area contributed by atoms with E-state index in [0.29, 0.717) is 0 Å². The van der Waals surface area contributed by atoms with Gasteiger partial charge in [-0.3, -0.25) is 19.1 Å². The lowest BCUT2D eigenvalue weighted by atomic mass is 10.1. The molecule has 0 atom stereocenters. The molecule has 3 N–H and O–H groups in total. The molecule has 32 heavy (non-hydrogen) atoms. The summed E-state index contributed by atoms with van der Waals surface area (Å²) in [4.78, 5) is 41.0. The molecule has 0 spiro atoms. The van der Waals surface area contributed by atoms with Gasteiger partial charge in [0.2, 0.25) is 0 Å². The van der Waals surface area contributed by atoms with Crippen LogP contribution in [0.1, 0.15) is 16.1 Å². The van der Waals surface area contributed by atoms with E-state index < -0.39 is 23.0 Å². The van der Waals surface area contributed by atoms with E-state index in [1.165, 1.54) is 35.9 Å². The van der Waals surface area contributed by atoms with Crippen molar-refractivity contribution >= 4 is 17.4 Å². The summed E-state index contributed by atoms with van der Waals surface area (Å²) in [5, 5.41) is 0. The number of benzene rings is 2. The van der Waals surface area contributed by atoms with Crippen molar-refractivity contribution in [1.82, 2.24) is 9.55 Å². The van der Waals surface area contributed by atoms with Gasteiger partial charge in [0.25, 0.3) is 11.5 Å². The molecular weight excluding hydrogens is 415 g/mol. The average Bonchev–Trinajstić information content (AvgIpc) is 3.27. The number of carbonyl (C=O) groups is 1. The second-order valence-electron chi connectivity index (χ2n) is 7.07. The fraction of sp³-hybridized carbons (Fsp3) is 0.0870. The molecule has 1 amide bonds. The molecule has 0 aliphatic heterocycles. The van der Waals surface area contributed by atoms with Crippen LogP contribution >= 0.6 is 0 Å². The number of furan rings is 1. The molecule has 2 heterocycles. The molecule has 0 saturated heterocycles. The van der Waals surface area contributed by atoms with Crippen molar-refractivity contribution in [2.45, 2.75) is 6.54 Å². The smallest absolute Gasteiger partial charge is 0.330 e. The Morgan fingerprint density at radius 1 is 1.06 bits per heavy atom. The Morgan fingerprint density at radius 3 is 2.47 bits per heavy atom. The number of carbonyl (C=O) groups excluding carboxylic acids is 1. The van der Waals surface area contributed by atoms with Gasteiger partial charge in [-0.05, 0) is 29.8 Å². The number of H-pyrrole nitrogens is 1. The lowest BCUT2D eigenvalue weighted by Gasteiger charge is -2.19. The second kappa shape index (κ2) is 8.38. The Kier molecular flexibility index (Phi) is 5.46. The Hall–Kier alpha value is -4.40. The highest BCUT2D eigenvalue weighted by atomic mass is 19.1. The maximum Gasteiger partial charge on any atom is 0.330 e. The molecule has 2 aromatic carbocycles. The predicted octanol–water partition coefficient (Wildman–Crippen LogP) is 2.84. The van der Waals surface area contributed by atoms with Crippen LogP contribution in [-0.4, -0.2) is 22.5 Å². The molecule has 4 aromatic rings. The SMILES string of the molecule is CN(C(=O)c1ccc(-c2ccccc2F)o1)c1c(N)n(Cc2ccccc2)c(=O)[nH]c1=O. The van der Waals surface area contributed by atoms with Crippen molar-refractivity contribution in [3.63, 3.8) is 0 Å². The zero-order chi connectivity index (χ0) is 22.8. The first kappa shape index (κ1) is 20.9. The van der Waals surface area contributed by atoms with Gasteiger partial charge in [-0.2, -0.15) is 0 Å². The van der Waals surface area contributed by atoms with Crippen LogP contribution in [0, 0.1) is 5.82 Å². The number of aromatic nitrogens is 2. The molecule has 0 saturated carbocycles. The maximum absolute atomic E-state index is 14.0. The number of nitrogen functional groups attached to an aromatic ring is 1. The van der Waals surface area contributed by atoms with Crippen LogP contribution in [0.5, 0.6) is 0 Å². The number of aromatic amines is 1. The Labute approximate surface area is 181 Å². The van der Waals surface area contributed by atoms with Crippen molar-refractivity contribution in [2.75, 3.05) is 17.7 Å². The van der Waals surface area contributed by atoms with E-state index in [1.807, 2.05) is 18.2 Å². The largest absolute Gasteiger partial charge is 0.451 e. The van der Waals surface area contributed by atoms with Gasteiger partial charge in [0.1, 0.15) is 17.4 Å². The lowest BCUT2D eigenvalue weighted by molar-refractivity contribution is 0.0967. The number of nitrogens with zero attached hydrogens (tertiary/aromatic N) is 2. The monoisotopic (exact) mass is 434 g/mol. The van der Waals surface area contributed by atoms with Gasteiger partial charge in [-0.15, -0.1) is 0 Å². The number of amides is 1. The van der Waals surface area contributed by atoms with E-state index >= 15 is 0 Å². The first-order valence-corrected chi connectivity index (χ1v) is 9.66. The molecule has 9 heteroatoms. The summed E-state index contributed by atoms with van der Waals surface area (Å²) in [6.45, 7) is 0.107.